The van der Waals surface area contributed by atoms with Gasteiger partial charge >= 0.3 is 0 Å². The van der Waals surface area contributed by atoms with E-state index < -0.39 is 5.41 Å². The Morgan fingerprint density at radius 3 is 1.55 bits per heavy atom. The summed E-state index contributed by atoms with van der Waals surface area (Å²) < 4.78 is 0. The number of nitrogens with zero attached hydrogens (tertiary/aromatic N) is 1. The van der Waals surface area contributed by atoms with Crippen LogP contribution >= 0.6 is 0 Å². The summed E-state index contributed by atoms with van der Waals surface area (Å²) in [4.78, 5) is 14.6. The molecule has 0 aliphatic heterocycles. The predicted molar refractivity (Wildman–Crippen MR) is 87.5 cm³/mol. The molecule has 0 aromatic heterocycles. The summed E-state index contributed by atoms with van der Waals surface area (Å²) >= 11 is 0. The predicted octanol–water partition coefficient (Wildman–Crippen LogP) is 3.53. The van der Waals surface area contributed by atoms with Gasteiger partial charge in [-0.2, -0.15) is 0 Å². The van der Waals surface area contributed by atoms with Gasteiger partial charge in [0.2, 0.25) is 5.91 Å². The van der Waals surface area contributed by atoms with Gasteiger partial charge in [0.1, 0.15) is 0 Å². The largest absolute Gasteiger partial charge is 0.369 e. The third-order valence-electron chi connectivity index (χ3n) is 3.99. The zero-order valence-corrected chi connectivity index (χ0v) is 14.9. The molecule has 20 heavy (non-hydrogen) atoms. The number of nitrogens with two attached hydrogens (primary N) is 1. The smallest absolute Gasteiger partial charge is 0.225 e. The lowest BCUT2D eigenvalue weighted by Crippen LogP contribution is -2.54. The fourth-order valence-corrected chi connectivity index (χ4v) is 3.55. The van der Waals surface area contributed by atoms with Gasteiger partial charge in [0.15, 0.2) is 0 Å². The van der Waals surface area contributed by atoms with Crippen LogP contribution in [0.4, 0.5) is 0 Å². The van der Waals surface area contributed by atoms with E-state index in [1.54, 1.807) is 0 Å². The molecule has 1 atom stereocenters. The molecule has 120 valence electrons. The van der Waals surface area contributed by atoms with Crippen LogP contribution in [0.3, 0.4) is 0 Å². The van der Waals surface area contributed by atoms with E-state index in [-0.39, 0.29) is 11.9 Å². The Hall–Kier alpha value is -0.570. The SMILES string of the molecule is CC(C)CC(N(C)C)C(CC(C)C)(CC(C)C)C(N)=O. The average Bonchev–Trinajstić information content (AvgIpc) is 2.22. The van der Waals surface area contributed by atoms with E-state index in [0.29, 0.717) is 17.8 Å². The molecule has 0 radical (unpaired) electrons. The van der Waals surface area contributed by atoms with Crippen molar-refractivity contribution < 1.29 is 4.79 Å². The zero-order valence-electron chi connectivity index (χ0n) is 14.9. The van der Waals surface area contributed by atoms with Crippen molar-refractivity contribution in [3.63, 3.8) is 0 Å². The normalized spacial score (nSPS) is 14.6. The molecule has 3 heteroatoms. The molecule has 0 rings (SSSR count). The molecule has 0 saturated carbocycles. The first-order valence-electron chi connectivity index (χ1n) is 7.99. The van der Waals surface area contributed by atoms with Crippen LogP contribution in [0.2, 0.25) is 0 Å². The van der Waals surface area contributed by atoms with Crippen LogP contribution < -0.4 is 5.73 Å². The van der Waals surface area contributed by atoms with Crippen molar-refractivity contribution in [2.24, 2.45) is 28.9 Å². The molecule has 0 saturated heterocycles. The van der Waals surface area contributed by atoms with Crippen LogP contribution in [0.1, 0.15) is 60.8 Å². The van der Waals surface area contributed by atoms with Crippen LogP contribution in [0.15, 0.2) is 0 Å². The summed E-state index contributed by atoms with van der Waals surface area (Å²) in [5, 5.41) is 0. The molecule has 0 aliphatic carbocycles. The lowest BCUT2D eigenvalue weighted by molar-refractivity contribution is -0.134. The van der Waals surface area contributed by atoms with E-state index in [1.165, 1.54) is 0 Å². The van der Waals surface area contributed by atoms with Gasteiger partial charge in [-0.1, -0.05) is 41.5 Å². The molecule has 0 bridgehead atoms. The van der Waals surface area contributed by atoms with Crippen LogP contribution in [0.25, 0.3) is 0 Å². The molecule has 1 unspecified atom stereocenters. The minimum atomic E-state index is -0.421. The Kier molecular flexibility index (Phi) is 7.79. The van der Waals surface area contributed by atoms with Crippen molar-refractivity contribution >= 4 is 5.91 Å². The van der Waals surface area contributed by atoms with Gasteiger partial charge in [0.25, 0.3) is 0 Å². The fourth-order valence-electron chi connectivity index (χ4n) is 3.55. The molecule has 0 spiro atoms. The van der Waals surface area contributed by atoms with Crippen LogP contribution in [0, 0.1) is 23.2 Å². The number of rotatable bonds is 9. The van der Waals surface area contributed by atoms with Crippen molar-refractivity contribution in [2.75, 3.05) is 14.1 Å². The molecule has 0 fully saturated rings. The zero-order chi connectivity index (χ0) is 16.1. The van der Waals surface area contributed by atoms with E-state index in [0.717, 1.165) is 19.3 Å². The number of amides is 1. The molecule has 0 heterocycles. The van der Waals surface area contributed by atoms with Gasteiger partial charge in [0.05, 0.1) is 5.41 Å². The highest BCUT2D eigenvalue weighted by Gasteiger charge is 2.45. The van der Waals surface area contributed by atoms with Crippen LogP contribution in [0.5, 0.6) is 0 Å². The Morgan fingerprint density at radius 1 is 0.950 bits per heavy atom. The Balaban J connectivity index is 5.66. The number of carbonyl (C=O) groups is 1. The Bertz CT molecular complexity index is 285. The number of carbonyl (C=O) groups excluding carboxylic acids is 1. The topological polar surface area (TPSA) is 46.3 Å². The summed E-state index contributed by atoms with van der Waals surface area (Å²) in [6, 6.07) is 0.213. The quantitative estimate of drug-likeness (QED) is 0.704. The van der Waals surface area contributed by atoms with E-state index in [9.17, 15) is 4.79 Å². The molecule has 1 amide bonds. The number of hydrogen-bond acceptors (Lipinski definition) is 2. The summed E-state index contributed by atoms with van der Waals surface area (Å²) in [6.45, 7) is 13.2. The van der Waals surface area contributed by atoms with E-state index >= 15 is 0 Å². The summed E-state index contributed by atoms with van der Waals surface area (Å²) in [5.41, 5.74) is 5.50. The average molecular weight is 284 g/mol. The molecule has 2 N–H and O–H groups in total. The summed E-state index contributed by atoms with van der Waals surface area (Å²) in [6.07, 6.45) is 2.75. The van der Waals surface area contributed by atoms with Crippen LogP contribution in [-0.4, -0.2) is 30.9 Å². The van der Waals surface area contributed by atoms with E-state index in [1.807, 2.05) is 0 Å². The molecular formula is C17H36N2O. The first kappa shape index (κ1) is 19.4. The lowest BCUT2D eigenvalue weighted by atomic mass is 9.66. The molecule has 0 aromatic carbocycles. The second kappa shape index (κ2) is 8.02. The highest BCUT2D eigenvalue weighted by atomic mass is 16.1. The maximum atomic E-state index is 12.4. The van der Waals surface area contributed by atoms with Crippen molar-refractivity contribution in [3.8, 4) is 0 Å². The van der Waals surface area contributed by atoms with Gasteiger partial charge in [-0.15, -0.1) is 0 Å². The lowest BCUT2D eigenvalue weighted by Gasteiger charge is -2.44. The summed E-state index contributed by atoms with van der Waals surface area (Å²) in [7, 11) is 4.15. The van der Waals surface area contributed by atoms with Crippen molar-refractivity contribution in [3.05, 3.63) is 0 Å². The highest BCUT2D eigenvalue weighted by Crippen LogP contribution is 2.41. The van der Waals surface area contributed by atoms with Crippen molar-refractivity contribution in [1.82, 2.24) is 4.90 Å². The van der Waals surface area contributed by atoms with E-state index in [2.05, 4.69) is 60.5 Å². The fraction of sp³-hybridized carbons (Fsp3) is 0.941. The number of hydrogen-bond donors (Lipinski definition) is 1. The van der Waals surface area contributed by atoms with E-state index in [4.69, 9.17) is 5.73 Å². The first-order chi connectivity index (χ1) is 9.02. The molecule has 0 aliphatic rings. The second-order valence-electron chi connectivity index (χ2n) is 7.83. The highest BCUT2D eigenvalue weighted by molar-refractivity contribution is 5.81. The van der Waals surface area contributed by atoms with Gasteiger partial charge in [-0.25, -0.2) is 0 Å². The Labute approximate surface area is 126 Å². The van der Waals surface area contributed by atoms with Gasteiger partial charge < -0.3 is 10.6 Å². The Morgan fingerprint density at radius 2 is 1.35 bits per heavy atom. The van der Waals surface area contributed by atoms with Gasteiger partial charge in [-0.05, 0) is 51.1 Å². The third-order valence-corrected chi connectivity index (χ3v) is 3.99. The molecular weight excluding hydrogens is 248 g/mol. The maximum Gasteiger partial charge on any atom is 0.225 e. The molecule has 0 aromatic rings. The number of primary amides is 1. The third kappa shape index (κ3) is 5.43. The standard InChI is InChI=1S/C17H36N2O/c1-12(2)9-15(19(7)8)17(16(18)20,10-13(3)4)11-14(5)6/h12-15H,9-11H2,1-8H3,(H2,18,20). The van der Waals surface area contributed by atoms with Crippen molar-refractivity contribution in [2.45, 2.75) is 66.8 Å². The first-order valence-corrected chi connectivity index (χ1v) is 7.99. The monoisotopic (exact) mass is 284 g/mol. The minimum Gasteiger partial charge on any atom is -0.369 e. The maximum absolute atomic E-state index is 12.4. The summed E-state index contributed by atoms with van der Waals surface area (Å²) in [5.74, 6) is 1.37. The molecule has 3 nitrogen and oxygen atoms in total. The van der Waals surface area contributed by atoms with Crippen molar-refractivity contribution in [1.29, 1.82) is 0 Å². The van der Waals surface area contributed by atoms with Gasteiger partial charge in [0, 0.05) is 6.04 Å². The van der Waals surface area contributed by atoms with Crippen LogP contribution in [-0.2, 0) is 4.79 Å². The second-order valence-corrected chi connectivity index (χ2v) is 7.83. The minimum absolute atomic E-state index is 0.126. The van der Waals surface area contributed by atoms with Gasteiger partial charge in [-0.3, -0.25) is 4.79 Å².